The molecule has 0 saturated heterocycles. The van der Waals surface area contributed by atoms with Crippen LogP contribution in [0.1, 0.15) is 0 Å². The molecule has 3 heterocycles. The molecule has 4 nitrogen and oxygen atoms in total. The number of pyridine rings is 1. The van der Waals surface area contributed by atoms with E-state index in [4.69, 9.17) is 4.98 Å². The summed E-state index contributed by atoms with van der Waals surface area (Å²) in [7, 11) is 0. The summed E-state index contributed by atoms with van der Waals surface area (Å²) in [6.45, 7) is 0. The summed E-state index contributed by atoms with van der Waals surface area (Å²) in [5.74, 6) is 0.935. The van der Waals surface area contributed by atoms with Crippen molar-refractivity contribution in [2.75, 3.05) is 0 Å². The first-order valence-corrected chi connectivity index (χ1v) is 11.3. The maximum atomic E-state index is 4.98. The molecule has 0 fully saturated rings. The van der Waals surface area contributed by atoms with Crippen molar-refractivity contribution in [1.29, 1.82) is 0 Å². The molecule has 34 heavy (non-hydrogen) atoms. The number of fused-ring (bicyclic) bond motifs is 3. The number of hydrogen-bond acceptors (Lipinski definition) is 2. The smallest absolute Gasteiger partial charge is 0.145 e. The molecule has 0 radical (unpaired) electrons. The van der Waals surface area contributed by atoms with Crippen LogP contribution in [0.25, 0.3) is 55.5 Å². The summed E-state index contributed by atoms with van der Waals surface area (Å²) in [5, 5.41) is 7.00. The van der Waals surface area contributed by atoms with Crippen molar-refractivity contribution in [3.05, 3.63) is 122 Å². The van der Waals surface area contributed by atoms with Gasteiger partial charge in [-0.3, -0.25) is 4.57 Å². The SMILES string of the molecule is c1ccc(-n2c(-c3ccc(-c4cnn5cc6ccccc6cc45)cc3)nc3ccccc32)cc1. The third kappa shape index (κ3) is 2.93. The fourth-order valence-electron chi connectivity index (χ4n) is 4.74. The van der Waals surface area contributed by atoms with Gasteiger partial charge in [0.15, 0.2) is 0 Å². The van der Waals surface area contributed by atoms with Crippen molar-refractivity contribution in [2.45, 2.75) is 0 Å². The number of benzene rings is 4. The Balaban J connectivity index is 1.36. The molecule has 0 amide bonds. The molecule has 0 N–H and O–H groups in total. The lowest BCUT2D eigenvalue weighted by Gasteiger charge is -2.10. The molecule has 7 aromatic rings. The Hall–Kier alpha value is -4.70. The average molecular weight is 437 g/mol. The average Bonchev–Trinajstić information content (AvgIpc) is 3.49. The zero-order chi connectivity index (χ0) is 22.5. The van der Waals surface area contributed by atoms with Crippen LogP contribution in [0.3, 0.4) is 0 Å². The minimum absolute atomic E-state index is 0.935. The van der Waals surface area contributed by atoms with Crippen molar-refractivity contribution in [1.82, 2.24) is 19.2 Å². The van der Waals surface area contributed by atoms with E-state index in [1.807, 2.05) is 22.8 Å². The highest BCUT2D eigenvalue weighted by molar-refractivity contribution is 5.91. The maximum absolute atomic E-state index is 4.98. The van der Waals surface area contributed by atoms with E-state index < -0.39 is 0 Å². The van der Waals surface area contributed by atoms with Gasteiger partial charge in [0, 0.05) is 28.4 Å². The number of rotatable bonds is 3. The van der Waals surface area contributed by atoms with Gasteiger partial charge in [-0.25, -0.2) is 9.50 Å². The van der Waals surface area contributed by atoms with E-state index >= 15 is 0 Å². The molecule has 4 heteroatoms. The Morgan fingerprint density at radius 3 is 2.15 bits per heavy atom. The largest absolute Gasteiger partial charge is 0.292 e. The number of nitrogens with zero attached hydrogens (tertiary/aromatic N) is 4. The van der Waals surface area contributed by atoms with E-state index in [9.17, 15) is 0 Å². The molecule has 0 unspecified atom stereocenters. The van der Waals surface area contributed by atoms with E-state index in [0.29, 0.717) is 0 Å². The topological polar surface area (TPSA) is 35.1 Å². The van der Waals surface area contributed by atoms with E-state index in [1.54, 1.807) is 0 Å². The Morgan fingerprint density at radius 2 is 1.29 bits per heavy atom. The van der Waals surface area contributed by atoms with Crippen molar-refractivity contribution in [2.24, 2.45) is 0 Å². The molecule has 3 aromatic heterocycles. The lowest BCUT2D eigenvalue weighted by atomic mass is 10.0. The van der Waals surface area contributed by atoms with Gasteiger partial charge in [-0.15, -0.1) is 0 Å². The van der Waals surface area contributed by atoms with Gasteiger partial charge in [-0.05, 0) is 41.3 Å². The molecule has 7 rings (SSSR count). The molecule has 0 aliphatic heterocycles. The Morgan fingerprint density at radius 1 is 0.588 bits per heavy atom. The highest BCUT2D eigenvalue weighted by atomic mass is 15.2. The highest BCUT2D eigenvalue weighted by Gasteiger charge is 2.15. The molecular formula is C30H20N4. The van der Waals surface area contributed by atoms with Crippen LogP contribution < -0.4 is 0 Å². The molecule has 0 aliphatic carbocycles. The second-order valence-corrected chi connectivity index (χ2v) is 8.46. The number of hydrogen-bond donors (Lipinski definition) is 0. The van der Waals surface area contributed by atoms with Gasteiger partial charge >= 0.3 is 0 Å². The monoisotopic (exact) mass is 436 g/mol. The third-order valence-electron chi connectivity index (χ3n) is 6.41. The molecule has 0 saturated carbocycles. The van der Waals surface area contributed by atoms with Gasteiger partial charge in [-0.2, -0.15) is 5.10 Å². The van der Waals surface area contributed by atoms with Crippen LogP contribution >= 0.6 is 0 Å². The number of imidazole rings is 1. The van der Waals surface area contributed by atoms with Gasteiger partial charge in [0.05, 0.1) is 22.7 Å². The van der Waals surface area contributed by atoms with E-state index in [-0.39, 0.29) is 0 Å². The predicted octanol–water partition coefficient (Wildman–Crippen LogP) is 7.16. The van der Waals surface area contributed by atoms with Crippen molar-refractivity contribution in [3.8, 4) is 28.2 Å². The van der Waals surface area contributed by atoms with E-state index in [1.165, 1.54) is 10.8 Å². The van der Waals surface area contributed by atoms with Crippen molar-refractivity contribution < 1.29 is 0 Å². The zero-order valence-electron chi connectivity index (χ0n) is 18.3. The molecule has 0 bridgehead atoms. The van der Waals surface area contributed by atoms with Crippen LogP contribution in [-0.2, 0) is 0 Å². The van der Waals surface area contributed by atoms with Crippen molar-refractivity contribution in [3.63, 3.8) is 0 Å². The second-order valence-electron chi connectivity index (χ2n) is 8.46. The number of aromatic nitrogens is 4. The molecule has 0 aliphatic rings. The van der Waals surface area contributed by atoms with Crippen LogP contribution in [-0.4, -0.2) is 19.2 Å². The van der Waals surface area contributed by atoms with Gasteiger partial charge < -0.3 is 0 Å². The summed E-state index contributed by atoms with van der Waals surface area (Å²) in [6, 6.07) is 37.9. The third-order valence-corrected chi connectivity index (χ3v) is 6.41. The quantitative estimate of drug-likeness (QED) is 0.295. The molecule has 4 aromatic carbocycles. The highest BCUT2D eigenvalue weighted by Crippen LogP contribution is 2.32. The molecule has 0 atom stereocenters. The Bertz CT molecular complexity index is 1790. The summed E-state index contributed by atoms with van der Waals surface area (Å²) >= 11 is 0. The first-order chi connectivity index (χ1) is 16.8. The van der Waals surface area contributed by atoms with Crippen LogP contribution in [0.15, 0.2) is 122 Å². The first-order valence-electron chi connectivity index (χ1n) is 11.3. The number of para-hydroxylation sites is 3. The molecule has 0 spiro atoms. The minimum atomic E-state index is 0.935. The lowest BCUT2D eigenvalue weighted by molar-refractivity contribution is 0.970. The Kier molecular flexibility index (Phi) is 4.11. The zero-order valence-corrected chi connectivity index (χ0v) is 18.3. The predicted molar refractivity (Wildman–Crippen MR) is 138 cm³/mol. The normalized spacial score (nSPS) is 11.5. The van der Waals surface area contributed by atoms with Gasteiger partial charge in [-0.1, -0.05) is 78.9 Å². The van der Waals surface area contributed by atoms with Crippen LogP contribution in [0, 0.1) is 0 Å². The summed E-state index contributed by atoms with van der Waals surface area (Å²) in [5.41, 5.74) is 7.62. The minimum Gasteiger partial charge on any atom is -0.292 e. The van der Waals surface area contributed by atoms with Gasteiger partial charge in [0.1, 0.15) is 5.82 Å². The second kappa shape index (κ2) is 7.42. The van der Waals surface area contributed by atoms with Gasteiger partial charge in [0.2, 0.25) is 0 Å². The van der Waals surface area contributed by atoms with Crippen LogP contribution in [0.5, 0.6) is 0 Å². The lowest BCUT2D eigenvalue weighted by Crippen LogP contribution is -1.97. The van der Waals surface area contributed by atoms with Crippen LogP contribution in [0.2, 0.25) is 0 Å². The fourth-order valence-corrected chi connectivity index (χ4v) is 4.74. The van der Waals surface area contributed by atoms with Gasteiger partial charge in [0.25, 0.3) is 0 Å². The summed E-state index contributed by atoms with van der Waals surface area (Å²) in [6.07, 6.45) is 4.03. The van der Waals surface area contributed by atoms with Crippen LogP contribution in [0.4, 0.5) is 0 Å². The molecule has 160 valence electrons. The Labute approximate surface area is 196 Å². The van der Waals surface area contributed by atoms with E-state index in [0.717, 1.165) is 44.8 Å². The van der Waals surface area contributed by atoms with E-state index in [2.05, 4.69) is 113 Å². The maximum Gasteiger partial charge on any atom is 0.145 e. The first kappa shape index (κ1) is 18.8. The molecular weight excluding hydrogens is 416 g/mol. The standard InChI is InChI=1S/C30H20N4/c1-2-10-25(11-3-1)34-28-13-7-6-12-27(28)32-30(34)22-16-14-21(15-17-22)26-19-31-33-20-24-9-5-4-8-23(24)18-29(26)33/h1-20H. The summed E-state index contributed by atoms with van der Waals surface area (Å²) < 4.78 is 4.19. The fraction of sp³-hybridized carbons (Fsp3) is 0. The van der Waals surface area contributed by atoms with Crippen molar-refractivity contribution >= 4 is 27.3 Å². The summed E-state index contributed by atoms with van der Waals surface area (Å²) in [4.78, 5) is 4.98.